The minimum Gasteiger partial charge on any atom is -0.372 e. The van der Waals surface area contributed by atoms with Crippen molar-refractivity contribution in [1.29, 1.82) is 0 Å². The maximum absolute atomic E-state index is 5.41. The topological polar surface area (TPSA) is 9.23 Å². The molecule has 0 aromatic heterocycles. The van der Waals surface area contributed by atoms with Gasteiger partial charge >= 0.3 is 0 Å². The van der Waals surface area contributed by atoms with Gasteiger partial charge in [0.25, 0.3) is 0 Å². The molecule has 2 rings (SSSR count). The minimum atomic E-state index is 0.550. The molecule has 0 bridgehead atoms. The van der Waals surface area contributed by atoms with Crippen LogP contribution in [0.1, 0.15) is 13.8 Å². The Morgan fingerprint density at radius 2 is 2.25 bits per heavy atom. The van der Waals surface area contributed by atoms with E-state index in [0.29, 0.717) is 5.92 Å². The molecule has 1 fully saturated rings. The van der Waals surface area contributed by atoms with Crippen LogP contribution in [0.25, 0.3) is 0 Å². The summed E-state index contributed by atoms with van der Waals surface area (Å²) in [5.74, 6) is 0.550. The first-order valence-electron chi connectivity index (χ1n) is 4.44. The van der Waals surface area contributed by atoms with Crippen LogP contribution in [0.3, 0.4) is 0 Å². The fourth-order valence-corrected chi connectivity index (χ4v) is 1.73. The molecule has 0 saturated carbocycles. The van der Waals surface area contributed by atoms with Crippen molar-refractivity contribution in [2.45, 2.75) is 13.8 Å². The minimum absolute atomic E-state index is 0.550. The van der Waals surface area contributed by atoms with E-state index < -0.39 is 0 Å². The lowest BCUT2D eigenvalue weighted by molar-refractivity contribution is 0.214. The molecule has 0 N–H and O–H groups in total. The molecular weight excluding hydrogens is 148 g/mol. The maximum atomic E-state index is 5.41. The number of ether oxygens (including phenoxy) is 1. The third-order valence-corrected chi connectivity index (χ3v) is 2.48. The first kappa shape index (κ1) is 7.81. The lowest BCUT2D eigenvalue weighted by atomic mass is 10.0. The lowest BCUT2D eigenvalue weighted by Crippen LogP contribution is -1.88. The van der Waals surface area contributed by atoms with Gasteiger partial charge in [0.2, 0.25) is 0 Å². The average molecular weight is 162 g/mol. The van der Waals surface area contributed by atoms with Crippen LogP contribution in [-0.2, 0) is 4.74 Å². The van der Waals surface area contributed by atoms with E-state index in [1.54, 1.807) is 0 Å². The molecule has 1 aliphatic carbocycles. The van der Waals surface area contributed by atoms with E-state index in [9.17, 15) is 0 Å². The summed E-state index contributed by atoms with van der Waals surface area (Å²) >= 11 is 0. The Kier molecular flexibility index (Phi) is 1.89. The molecule has 0 radical (unpaired) electrons. The third-order valence-electron chi connectivity index (χ3n) is 2.48. The zero-order chi connectivity index (χ0) is 8.55. The van der Waals surface area contributed by atoms with Crippen LogP contribution in [0.5, 0.6) is 0 Å². The number of allylic oxidation sites excluding steroid dienone is 4. The van der Waals surface area contributed by atoms with Gasteiger partial charge < -0.3 is 4.74 Å². The van der Waals surface area contributed by atoms with E-state index >= 15 is 0 Å². The Morgan fingerprint density at radius 1 is 1.42 bits per heavy atom. The molecule has 2 aliphatic rings. The van der Waals surface area contributed by atoms with Crippen molar-refractivity contribution in [1.82, 2.24) is 0 Å². The van der Waals surface area contributed by atoms with Crippen LogP contribution < -0.4 is 0 Å². The Hall–Kier alpha value is -0.820. The predicted octanol–water partition coefficient (Wildman–Crippen LogP) is 2.47. The number of rotatable bonds is 0. The fraction of sp³-hybridized carbons (Fsp3) is 0.455. The van der Waals surface area contributed by atoms with E-state index in [-0.39, 0.29) is 0 Å². The van der Waals surface area contributed by atoms with Crippen molar-refractivity contribution in [3.8, 4) is 0 Å². The standard InChI is InChI=1S/C11H14O/c1-8-3-4-9(2)11-7-12-6-10(11)5-8/h3-5,8H,6-7H2,1-2H3. The highest BCUT2D eigenvalue weighted by Gasteiger charge is 2.17. The fourth-order valence-electron chi connectivity index (χ4n) is 1.73. The molecule has 0 aromatic rings. The normalized spacial score (nSPS) is 28.5. The predicted molar refractivity (Wildman–Crippen MR) is 49.9 cm³/mol. The van der Waals surface area contributed by atoms with Gasteiger partial charge in [-0.05, 0) is 29.6 Å². The van der Waals surface area contributed by atoms with E-state index in [1.165, 1.54) is 16.7 Å². The molecule has 1 saturated heterocycles. The molecule has 0 aromatic carbocycles. The smallest absolute Gasteiger partial charge is 0.0727 e. The van der Waals surface area contributed by atoms with Gasteiger partial charge in [0, 0.05) is 0 Å². The zero-order valence-electron chi connectivity index (χ0n) is 7.63. The first-order valence-corrected chi connectivity index (χ1v) is 4.44. The average Bonchev–Trinajstić information content (AvgIpc) is 2.44. The number of hydrogen-bond donors (Lipinski definition) is 0. The summed E-state index contributed by atoms with van der Waals surface area (Å²) in [5.41, 5.74) is 4.16. The third kappa shape index (κ3) is 1.25. The van der Waals surface area contributed by atoms with E-state index in [1.807, 2.05) is 0 Å². The van der Waals surface area contributed by atoms with Gasteiger partial charge in [0.05, 0.1) is 13.2 Å². The Bertz CT molecular complexity index is 281. The molecule has 0 amide bonds. The van der Waals surface area contributed by atoms with Crippen molar-refractivity contribution in [3.63, 3.8) is 0 Å². The van der Waals surface area contributed by atoms with Crippen molar-refractivity contribution in [2.24, 2.45) is 5.92 Å². The molecule has 0 spiro atoms. The molecule has 1 nitrogen and oxygen atoms in total. The first-order chi connectivity index (χ1) is 5.77. The van der Waals surface area contributed by atoms with Gasteiger partial charge in [-0.1, -0.05) is 25.2 Å². The summed E-state index contributed by atoms with van der Waals surface area (Å²) in [6, 6.07) is 0. The molecule has 64 valence electrons. The van der Waals surface area contributed by atoms with Crippen LogP contribution in [0, 0.1) is 5.92 Å². The second-order valence-electron chi connectivity index (χ2n) is 3.56. The Balaban J connectivity index is 2.44. The lowest BCUT2D eigenvalue weighted by Gasteiger charge is -1.99. The summed E-state index contributed by atoms with van der Waals surface area (Å²) in [4.78, 5) is 0. The van der Waals surface area contributed by atoms with Crippen molar-refractivity contribution in [3.05, 3.63) is 34.9 Å². The summed E-state index contributed by atoms with van der Waals surface area (Å²) in [5, 5.41) is 0. The summed E-state index contributed by atoms with van der Waals surface area (Å²) in [6.07, 6.45) is 6.75. The maximum Gasteiger partial charge on any atom is 0.0727 e. The quantitative estimate of drug-likeness (QED) is 0.531. The van der Waals surface area contributed by atoms with Crippen LogP contribution in [-0.4, -0.2) is 13.2 Å². The second kappa shape index (κ2) is 2.91. The summed E-state index contributed by atoms with van der Waals surface area (Å²) < 4.78 is 5.41. The highest BCUT2D eigenvalue weighted by atomic mass is 16.5. The highest BCUT2D eigenvalue weighted by molar-refractivity contribution is 5.45. The van der Waals surface area contributed by atoms with Gasteiger partial charge in [-0.3, -0.25) is 0 Å². The molecular formula is C11H14O. The van der Waals surface area contributed by atoms with Crippen LogP contribution in [0.4, 0.5) is 0 Å². The van der Waals surface area contributed by atoms with Crippen molar-refractivity contribution in [2.75, 3.05) is 13.2 Å². The van der Waals surface area contributed by atoms with Crippen molar-refractivity contribution < 1.29 is 4.74 Å². The van der Waals surface area contributed by atoms with Crippen LogP contribution in [0.2, 0.25) is 0 Å². The molecule has 12 heavy (non-hydrogen) atoms. The Morgan fingerprint density at radius 3 is 3.08 bits per heavy atom. The SMILES string of the molecule is CC1=C2COCC2=CC(C)C=C1. The zero-order valence-corrected chi connectivity index (χ0v) is 7.63. The molecule has 1 atom stereocenters. The van der Waals surface area contributed by atoms with Gasteiger partial charge in [0.15, 0.2) is 0 Å². The van der Waals surface area contributed by atoms with Crippen LogP contribution in [0.15, 0.2) is 34.9 Å². The monoisotopic (exact) mass is 162 g/mol. The molecule has 1 heterocycles. The molecule has 1 unspecified atom stereocenters. The number of fused-ring (bicyclic) bond motifs is 1. The van der Waals surface area contributed by atoms with E-state index in [0.717, 1.165) is 13.2 Å². The van der Waals surface area contributed by atoms with Gasteiger partial charge in [-0.15, -0.1) is 0 Å². The van der Waals surface area contributed by atoms with Gasteiger partial charge in [0.1, 0.15) is 0 Å². The van der Waals surface area contributed by atoms with E-state index in [4.69, 9.17) is 4.74 Å². The summed E-state index contributed by atoms with van der Waals surface area (Å²) in [7, 11) is 0. The second-order valence-corrected chi connectivity index (χ2v) is 3.56. The summed E-state index contributed by atoms with van der Waals surface area (Å²) in [6.45, 7) is 5.97. The van der Waals surface area contributed by atoms with Gasteiger partial charge in [-0.25, -0.2) is 0 Å². The molecule has 1 heteroatoms. The Labute approximate surface area is 73.4 Å². The van der Waals surface area contributed by atoms with E-state index in [2.05, 4.69) is 32.1 Å². The van der Waals surface area contributed by atoms with Crippen molar-refractivity contribution >= 4 is 0 Å². The number of hydrogen-bond acceptors (Lipinski definition) is 1. The molecule has 1 aliphatic heterocycles. The highest BCUT2D eigenvalue weighted by Crippen LogP contribution is 2.27. The van der Waals surface area contributed by atoms with Crippen LogP contribution >= 0.6 is 0 Å². The largest absolute Gasteiger partial charge is 0.372 e. The van der Waals surface area contributed by atoms with Gasteiger partial charge in [-0.2, -0.15) is 0 Å².